The minimum atomic E-state index is -0.585. The van der Waals surface area contributed by atoms with Crippen LogP contribution in [0, 0.1) is 5.82 Å². The van der Waals surface area contributed by atoms with Crippen molar-refractivity contribution in [2.45, 2.75) is 29.3 Å². The number of likely N-dealkylation sites (N-methyl/N-ethyl adjacent to an activating group) is 1. The highest BCUT2D eigenvalue weighted by Gasteiger charge is 2.34. The number of thioether (sulfide) groups is 1. The van der Waals surface area contributed by atoms with E-state index in [1.165, 1.54) is 23.9 Å². The molecular formula is C23H26FN3O3S. The summed E-state index contributed by atoms with van der Waals surface area (Å²) in [6.45, 7) is 1.77. The number of benzene rings is 2. The van der Waals surface area contributed by atoms with Crippen LogP contribution in [0.25, 0.3) is 0 Å². The fourth-order valence-corrected chi connectivity index (χ4v) is 5.20. The fourth-order valence-electron chi connectivity index (χ4n) is 4.41. The van der Waals surface area contributed by atoms with Crippen molar-refractivity contribution in [3.8, 4) is 0 Å². The standard InChI is InChI=1S/C23H26FN3O3S/c1-25-23(30)22(15-5-6-20-19(10-15)26-21(29)13-31-20)18(12-27-8-7-17(28)11-27)14-3-2-4-16(24)9-14/h2-6,9-10,17-18,22,28H,7-8,11-13H2,1H3,(H,25,30)(H,26,29)/t17-,18+,22?/m0/s1. The Balaban J connectivity index is 1.75. The summed E-state index contributed by atoms with van der Waals surface area (Å²) in [5.74, 6) is -1.14. The van der Waals surface area contributed by atoms with Crippen LogP contribution in [0.1, 0.15) is 29.4 Å². The molecule has 0 aromatic heterocycles. The Morgan fingerprint density at radius 1 is 1.32 bits per heavy atom. The predicted molar refractivity (Wildman–Crippen MR) is 119 cm³/mol. The number of β-amino-alcohol motifs (C(OH)–C–C–N with tert-alkyl or cyclic N) is 1. The Morgan fingerprint density at radius 3 is 2.87 bits per heavy atom. The van der Waals surface area contributed by atoms with Crippen LogP contribution in [0.2, 0.25) is 0 Å². The number of rotatable bonds is 6. The molecule has 2 aromatic carbocycles. The van der Waals surface area contributed by atoms with E-state index in [2.05, 4.69) is 15.5 Å². The number of aliphatic hydroxyl groups excluding tert-OH is 1. The molecule has 4 rings (SSSR count). The smallest absolute Gasteiger partial charge is 0.234 e. The van der Waals surface area contributed by atoms with Gasteiger partial charge in [-0.25, -0.2) is 4.39 Å². The molecular weight excluding hydrogens is 417 g/mol. The third-order valence-corrected chi connectivity index (χ3v) is 6.98. The van der Waals surface area contributed by atoms with E-state index in [0.29, 0.717) is 31.0 Å². The number of carbonyl (C=O) groups excluding carboxylic acids is 2. The maximum absolute atomic E-state index is 14.1. The summed E-state index contributed by atoms with van der Waals surface area (Å²) in [7, 11) is 1.59. The third kappa shape index (κ3) is 4.92. The van der Waals surface area contributed by atoms with Crippen molar-refractivity contribution in [3.63, 3.8) is 0 Å². The van der Waals surface area contributed by atoms with E-state index < -0.39 is 5.92 Å². The molecule has 31 heavy (non-hydrogen) atoms. The molecule has 0 radical (unpaired) electrons. The normalized spacial score (nSPS) is 20.6. The van der Waals surface area contributed by atoms with Crippen molar-refractivity contribution in [1.82, 2.24) is 10.2 Å². The maximum atomic E-state index is 14.1. The topological polar surface area (TPSA) is 81.7 Å². The van der Waals surface area contributed by atoms with Gasteiger partial charge < -0.3 is 20.6 Å². The molecule has 0 aliphatic carbocycles. The molecule has 6 nitrogen and oxygen atoms in total. The van der Waals surface area contributed by atoms with Crippen LogP contribution in [0.5, 0.6) is 0 Å². The number of hydrogen-bond acceptors (Lipinski definition) is 5. The molecule has 2 amide bonds. The van der Waals surface area contributed by atoms with Gasteiger partial charge in [-0.15, -0.1) is 11.8 Å². The van der Waals surface area contributed by atoms with Gasteiger partial charge in [-0.2, -0.15) is 0 Å². The Morgan fingerprint density at radius 2 is 2.16 bits per heavy atom. The Kier molecular flexibility index (Phi) is 6.60. The molecule has 1 fully saturated rings. The van der Waals surface area contributed by atoms with Crippen molar-refractivity contribution in [2.24, 2.45) is 0 Å². The Labute approximate surface area is 185 Å². The molecule has 2 aliphatic rings. The molecule has 3 N–H and O–H groups in total. The monoisotopic (exact) mass is 443 g/mol. The van der Waals surface area contributed by atoms with Gasteiger partial charge in [0.15, 0.2) is 0 Å². The first-order chi connectivity index (χ1) is 14.9. The average Bonchev–Trinajstić information content (AvgIpc) is 3.17. The Bertz CT molecular complexity index is 986. The van der Waals surface area contributed by atoms with Gasteiger partial charge in [0, 0.05) is 37.5 Å². The van der Waals surface area contributed by atoms with Crippen LogP contribution >= 0.6 is 11.8 Å². The average molecular weight is 444 g/mol. The summed E-state index contributed by atoms with van der Waals surface area (Å²) in [5, 5.41) is 15.6. The van der Waals surface area contributed by atoms with Gasteiger partial charge >= 0.3 is 0 Å². The maximum Gasteiger partial charge on any atom is 0.234 e. The lowest BCUT2D eigenvalue weighted by Crippen LogP contribution is -2.36. The number of halogens is 1. The van der Waals surface area contributed by atoms with Crippen LogP contribution < -0.4 is 10.6 Å². The minimum Gasteiger partial charge on any atom is -0.392 e. The van der Waals surface area contributed by atoms with Gasteiger partial charge in [-0.3, -0.25) is 9.59 Å². The highest BCUT2D eigenvalue weighted by molar-refractivity contribution is 8.00. The number of nitrogens with one attached hydrogen (secondary N) is 2. The van der Waals surface area contributed by atoms with Gasteiger partial charge in [0.25, 0.3) is 0 Å². The number of anilines is 1. The van der Waals surface area contributed by atoms with Gasteiger partial charge in [0.1, 0.15) is 5.82 Å². The number of likely N-dealkylation sites (tertiary alicyclic amines) is 1. The predicted octanol–water partition coefficient (Wildman–Crippen LogP) is 2.55. The van der Waals surface area contributed by atoms with Crippen LogP contribution in [0.4, 0.5) is 10.1 Å². The molecule has 0 bridgehead atoms. The lowest BCUT2D eigenvalue weighted by atomic mass is 9.80. The first-order valence-electron chi connectivity index (χ1n) is 10.4. The highest BCUT2D eigenvalue weighted by Crippen LogP contribution is 2.39. The van der Waals surface area contributed by atoms with E-state index >= 15 is 0 Å². The second-order valence-corrected chi connectivity index (χ2v) is 9.07. The molecule has 2 aliphatic heterocycles. The number of amides is 2. The number of nitrogens with zero attached hydrogens (tertiary/aromatic N) is 1. The fraction of sp³-hybridized carbons (Fsp3) is 0.391. The lowest BCUT2D eigenvalue weighted by Gasteiger charge is -2.31. The van der Waals surface area contributed by atoms with Crippen LogP contribution in [0.15, 0.2) is 47.4 Å². The molecule has 3 atom stereocenters. The largest absolute Gasteiger partial charge is 0.392 e. The summed E-state index contributed by atoms with van der Waals surface area (Å²) < 4.78 is 14.1. The number of fused-ring (bicyclic) bond motifs is 1. The second kappa shape index (κ2) is 9.38. The number of carbonyl (C=O) groups is 2. The van der Waals surface area contributed by atoms with Gasteiger partial charge in [-0.05, 0) is 41.8 Å². The van der Waals surface area contributed by atoms with Crippen LogP contribution in [-0.4, -0.2) is 60.4 Å². The zero-order valence-electron chi connectivity index (χ0n) is 17.3. The lowest BCUT2D eigenvalue weighted by molar-refractivity contribution is -0.122. The van der Waals surface area contributed by atoms with E-state index in [1.807, 2.05) is 24.3 Å². The SMILES string of the molecule is CNC(=O)C(c1ccc2c(c1)NC(=O)CS2)[C@H](CN1CC[C@H](O)C1)c1cccc(F)c1. The van der Waals surface area contributed by atoms with Crippen LogP contribution in [0.3, 0.4) is 0 Å². The molecule has 1 unspecified atom stereocenters. The third-order valence-electron chi connectivity index (χ3n) is 5.91. The molecule has 2 aromatic rings. The molecule has 1 saturated heterocycles. The molecule has 8 heteroatoms. The van der Waals surface area contributed by atoms with E-state index in [9.17, 15) is 19.1 Å². The van der Waals surface area contributed by atoms with E-state index in [4.69, 9.17) is 0 Å². The summed E-state index contributed by atoms with van der Waals surface area (Å²) in [6, 6.07) is 12.0. The molecule has 0 spiro atoms. The zero-order chi connectivity index (χ0) is 22.0. The van der Waals surface area contributed by atoms with Crippen molar-refractivity contribution < 1.29 is 19.1 Å². The summed E-state index contributed by atoms with van der Waals surface area (Å²) in [4.78, 5) is 28.1. The quantitative estimate of drug-likeness (QED) is 0.639. The van der Waals surface area contributed by atoms with Crippen LogP contribution in [-0.2, 0) is 9.59 Å². The highest BCUT2D eigenvalue weighted by atomic mass is 32.2. The van der Waals surface area contributed by atoms with Gasteiger partial charge in [0.2, 0.25) is 11.8 Å². The molecule has 0 saturated carbocycles. The summed E-state index contributed by atoms with van der Waals surface area (Å²) >= 11 is 1.47. The minimum absolute atomic E-state index is 0.0705. The number of hydrogen-bond donors (Lipinski definition) is 3. The first-order valence-corrected chi connectivity index (χ1v) is 11.4. The van der Waals surface area contributed by atoms with Crippen molar-refractivity contribution >= 4 is 29.3 Å². The Hall–Kier alpha value is -2.42. The van der Waals surface area contributed by atoms with Gasteiger partial charge in [-0.1, -0.05) is 18.2 Å². The van der Waals surface area contributed by atoms with Crippen molar-refractivity contribution in [2.75, 3.05) is 37.8 Å². The summed E-state index contributed by atoms with van der Waals surface area (Å²) in [6.07, 6.45) is 0.297. The second-order valence-electron chi connectivity index (χ2n) is 8.05. The van der Waals surface area contributed by atoms with E-state index in [0.717, 1.165) is 22.6 Å². The number of aliphatic hydroxyl groups is 1. The molecule has 2 heterocycles. The molecule has 164 valence electrons. The zero-order valence-corrected chi connectivity index (χ0v) is 18.1. The first kappa shape index (κ1) is 21.8. The van der Waals surface area contributed by atoms with Crippen molar-refractivity contribution in [3.05, 3.63) is 59.4 Å². The summed E-state index contributed by atoms with van der Waals surface area (Å²) in [5.41, 5.74) is 2.18. The van der Waals surface area contributed by atoms with E-state index in [-0.39, 0.29) is 29.7 Å². The van der Waals surface area contributed by atoms with Crippen molar-refractivity contribution in [1.29, 1.82) is 0 Å². The van der Waals surface area contributed by atoms with E-state index in [1.54, 1.807) is 13.1 Å². The van der Waals surface area contributed by atoms with Gasteiger partial charge in [0.05, 0.1) is 23.5 Å².